The number of hydrogen-bond acceptors (Lipinski definition) is 0. The van der Waals surface area contributed by atoms with Gasteiger partial charge in [0.25, 0.3) is 0 Å². The van der Waals surface area contributed by atoms with Crippen molar-refractivity contribution in [3.63, 3.8) is 0 Å². The van der Waals surface area contributed by atoms with Gasteiger partial charge in [0.05, 0.1) is 0 Å². The van der Waals surface area contributed by atoms with E-state index in [1.807, 2.05) is 0 Å². The van der Waals surface area contributed by atoms with Gasteiger partial charge >= 0.3 is 0 Å². The third kappa shape index (κ3) is 3.14. The summed E-state index contributed by atoms with van der Waals surface area (Å²) in [5, 5.41) is 0. The number of rotatable bonds is 4. The van der Waals surface area contributed by atoms with Crippen LogP contribution < -0.4 is 0 Å². The minimum atomic E-state index is 0.715. The molecule has 0 amide bonds. The molecule has 0 saturated heterocycles. The molecule has 0 bridgehead atoms. The fourth-order valence-electron chi connectivity index (χ4n) is 2.92. The summed E-state index contributed by atoms with van der Waals surface area (Å²) in [7, 11) is 0. The molecule has 0 fully saturated rings. The predicted molar refractivity (Wildman–Crippen MR) is 81.3 cm³/mol. The molecular formula is C19H20. The summed E-state index contributed by atoms with van der Waals surface area (Å²) in [6.45, 7) is 0. The molecule has 1 atom stereocenters. The Balaban J connectivity index is 1.55. The number of allylic oxidation sites excluding steroid dienone is 2. The van der Waals surface area contributed by atoms with Gasteiger partial charge in [-0.05, 0) is 42.7 Å². The van der Waals surface area contributed by atoms with E-state index < -0.39 is 0 Å². The molecule has 2 aromatic carbocycles. The first-order valence-corrected chi connectivity index (χ1v) is 7.18. The predicted octanol–water partition coefficient (Wildman–Crippen LogP) is 5.12. The van der Waals surface area contributed by atoms with E-state index >= 15 is 0 Å². The maximum atomic E-state index is 2.46. The SMILES string of the molecule is C1=C(CCc2ccccc2)CC(c2ccccc2)C1. The van der Waals surface area contributed by atoms with Crippen LogP contribution >= 0.6 is 0 Å². The van der Waals surface area contributed by atoms with Gasteiger partial charge in [0.1, 0.15) is 0 Å². The monoisotopic (exact) mass is 248 g/mol. The van der Waals surface area contributed by atoms with Crippen LogP contribution in [0.3, 0.4) is 0 Å². The zero-order valence-corrected chi connectivity index (χ0v) is 11.3. The highest BCUT2D eigenvalue weighted by atomic mass is 14.2. The molecule has 0 N–H and O–H groups in total. The lowest BCUT2D eigenvalue weighted by Gasteiger charge is -2.10. The lowest BCUT2D eigenvalue weighted by atomic mass is 9.94. The van der Waals surface area contributed by atoms with Crippen molar-refractivity contribution in [2.75, 3.05) is 0 Å². The standard InChI is InChI=1S/C19H20/c1-3-7-16(8-4-1)11-12-17-13-14-19(15-17)18-9-5-2-6-10-18/h1-10,13,19H,11-12,14-15H2. The zero-order chi connectivity index (χ0) is 12.9. The summed E-state index contributed by atoms with van der Waals surface area (Å²) in [5.41, 5.74) is 4.58. The first-order valence-electron chi connectivity index (χ1n) is 7.18. The highest BCUT2D eigenvalue weighted by molar-refractivity contribution is 5.27. The number of hydrogen-bond donors (Lipinski definition) is 0. The first kappa shape index (κ1) is 12.2. The Hall–Kier alpha value is -1.82. The van der Waals surface area contributed by atoms with Crippen molar-refractivity contribution in [1.82, 2.24) is 0 Å². The van der Waals surface area contributed by atoms with Gasteiger partial charge in [0.15, 0.2) is 0 Å². The molecule has 0 spiro atoms. The highest BCUT2D eigenvalue weighted by Crippen LogP contribution is 2.35. The fraction of sp³-hybridized carbons (Fsp3) is 0.263. The van der Waals surface area contributed by atoms with E-state index in [1.54, 1.807) is 5.57 Å². The van der Waals surface area contributed by atoms with E-state index in [9.17, 15) is 0 Å². The molecule has 0 nitrogen and oxygen atoms in total. The first-order chi connectivity index (χ1) is 9.42. The Morgan fingerprint density at radius 1 is 0.789 bits per heavy atom. The van der Waals surface area contributed by atoms with Gasteiger partial charge in [-0.15, -0.1) is 0 Å². The van der Waals surface area contributed by atoms with E-state index in [0.29, 0.717) is 5.92 Å². The Morgan fingerprint density at radius 3 is 2.21 bits per heavy atom. The minimum absolute atomic E-state index is 0.715. The molecule has 3 rings (SSSR count). The van der Waals surface area contributed by atoms with Gasteiger partial charge in [-0.3, -0.25) is 0 Å². The molecule has 0 heterocycles. The Kier molecular flexibility index (Phi) is 3.78. The fourth-order valence-corrected chi connectivity index (χ4v) is 2.92. The maximum Gasteiger partial charge on any atom is -0.00901 e. The van der Waals surface area contributed by atoms with Gasteiger partial charge < -0.3 is 0 Å². The van der Waals surface area contributed by atoms with Gasteiger partial charge in [-0.25, -0.2) is 0 Å². The summed E-state index contributed by atoms with van der Waals surface area (Å²) in [4.78, 5) is 0. The third-order valence-corrected chi connectivity index (χ3v) is 4.05. The second-order valence-electron chi connectivity index (χ2n) is 5.40. The summed E-state index contributed by atoms with van der Waals surface area (Å²) in [6.07, 6.45) is 7.31. The summed E-state index contributed by atoms with van der Waals surface area (Å²) < 4.78 is 0. The minimum Gasteiger partial charge on any atom is -0.0847 e. The molecule has 19 heavy (non-hydrogen) atoms. The van der Waals surface area contributed by atoms with Gasteiger partial charge in [0, 0.05) is 0 Å². The van der Waals surface area contributed by atoms with Crippen molar-refractivity contribution in [2.45, 2.75) is 31.6 Å². The normalized spacial score (nSPS) is 18.3. The van der Waals surface area contributed by atoms with Crippen LogP contribution in [0.5, 0.6) is 0 Å². The van der Waals surface area contributed by atoms with Crippen molar-refractivity contribution < 1.29 is 0 Å². The zero-order valence-electron chi connectivity index (χ0n) is 11.3. The van der Waals surface area contributed by atoms with Crippen molar-refractivity contribution in [3.05, 3.63) is 83.4 Å². The lowest BCUT2D eigenvalue weighted by molar-refractivity contribution is 0.723. The van der Waals surface area contributed by atoms with Crippen molar-refractivity contribution in [1.29, 1.82) is 0 Å². The summed E-state index contributed by atoms with van der Waals surface area (Å²) in [5.74, 6) is 0.715. The van der Waals surface area contributed by atoms with Crippen LogP contribution in [-0.2, 0) is 6.42 Å². The average Bonchev–Trinajstić information content (AvgIpc) is 2.96. The van der Waals surface area contributed by atoms with E-state index in [2.05, 4.69) is 66.7 Å². The number of benzene rings is 2. The van der Waals surface area contributed by atoms with E-state index in [1.165, 1.54) is 36.8 Å². The van der Waals surface area contributed by atoms with E-state index in [-0.39, 0.29) is 0 Å². The molecule has 0 aliphatic heterocycles. The van der Waals surface area contributed by atoms with Crippen LogP contribution in [0.4, 0.5) is 0 Å². The van der Waals surface area contributed by atoms with Crippen LogP contribution in [0.25, 0.3) is 0 Å². The van der Waals surface area contributed by atoms with Crippen molar-refractivity contribution in [3.8, 4) is 0 Å². The Labute approximate surface area is 115 Å². The molecule has 0 radical (unpaired) electrons. The second kappa shape index (κ2) is 5.88. The van der Waals surface area contributed by atoms with E-state index in [0.717, 1.165) is 0 Å². The molecular weight excluding hydrogens is 228 g/mol. The van der Waals surface area contributed by atoms with Crippen molar-refractivity contribution in [2.24, 2.45) is 0 Å². The molecule has 1 aliphatic carbocycles. The quantitative estimate of drug-likeness (QED) is 0.658. The van der Waals surface area contributed by atoms with Crippen LogP contribution in [0.1, 0.15) is 36.3 Å². The van der Waals surface area contributed by atoms with Crippen LogP contribution in [0, 0.1) is 0 Å². The molecule has 0 saturated carbocycles. The summed E-state index contributed by atoms with van der Waals surface area (Å²) in [6, 6.07) is 21.7. The number of aryl methyl sites for hydroxylation is 1. The highest BCUT2D eigenvalue weighted by Gasteiger charge is 2.18. The topological polar surface area (TPSA) is 0 Å². The summed E-state index contributed by atoms with van der Waals surface area (Å²) >= 11 is 0. The average molecular weight is 248 g/mol. The Morgan fingerprint density at radius 2 is 1.47 bits per heavy atom. The molecule has 96 valence electrons. The Bertz CT molecular complexity index is 537. The van der Waals surface area contributed by atoms with Gasteiger partial charge in [-0.2, -0.15) is 0 Å². The van der Waals surface area contributed by atoms with Gasteiger partial charge in [-0.1, -0.05) is 72.3 Å². The molecule has 1 aliphatic rings. The lowest BCUT2D eigenvalue weighted by Crippen LogP contribution is -1.94. The van der Waals surface area contributed by atoms with Crippen LogP contribution in [0.15, 0.2) is 72.3 Å². The molecule has 2 aromatic rings. The third-order valence-electron chi connectivity index (χ3n) is 4.05. The largest absolute Gasteiger partial charge is 0.0847 e. The van der Waals surface area contributed by atoms with Gasteiger partial charge in [0.2, 0.25) is 0 Å². The smallest absolute Gasteiger partial charge is 0.00901 e. The van der Waals surface area contributed by atoms with E-state index in [4.69, 9.17) is 0 Å². The molecule has 0 aromatic heterocycles. The van der Waals surface area contributed by atoms with Crippen LogP contribution in [-0.4, -0.2) is 0 Å². The second-order valence-corrected chi connectivity index (χ2v) is 5.40. The maximum absolute atomic E-state index is 2.46. The van der Waals surface area contributed by atoms with Crippen molar-refractivity contribution >= 4 is 0 Å². The molecule has 0 heteroatoms. The van der Waals surface area contributed by atoms with Crippen LogP contribution in [0.2, 0.25) is 0 Å². The molecule has 1 unspecified atom stereocenters.